The highest BCUT2D eigenvalue weighted by Gasteiger charge is 2.28. The monoisotopic (exact) mass is 507 g/mol. The summed E-state index contributed by atoms with van der Waals surface area (Å²) >= 11 is 0. The molecule has 0 spiro atoms. The Kier molecular flexibility index (Phi) is 8.45. The van der Waals surface area contributed by atoms with E-state index in [1.165, 1.54) is 6.08 Å². The maximum Gasteiger partial charge on any atom is 0.412 e. The van der Waals surface area contributed by atoms with E-state index in [0.717, 1.165) is 6.08 Å². The zero-order valence-corrected chi connectivity index (χ0v) is 19.6. The Labute approximate surface area is 212 Å². The lowest BCUT2D eigenvalue weighted by atomic mass is 10.0. The molecule has 192 valence electrons. The fourth-order valence-electron chi connectivity index (χ4n) is 3.51. The normalized spacial score (nSPS) is 13.5. The van der Waals surface area contributed by atoms with Crippen molar-refractivity contribution in [3.8, 4) is 23.0 Å². The predicted octanol–water partition coefficient (Wildman–Crippen LogP) is 4.16. The first-order valence-electron chi connectivity index (χ1n) is 11.4. The van der Waals surface area contributed by atoms with Crippen molar-refractivity contribution < 1.29 is 43.5 Å². The number of fused-ring (bicyclic) bond motifs is 1. The number of anilines is 1. The Bertz CT molecular complexity index is 1230. The summed E-state index contributed by atoms with van der Waals surface area (Å²) in [6.45, 7) is 0.0799. The molecule has 0 saturated heterocycles. The van der Waals surface area contributed by atoms with E-state index in [4.69, 9.17) is 28.8 Å². The Balaban J connectivity index is 1.60. The Morgan fingerprint density at radius 2 is 1.73 bits per heavy atom. The summed E-state index contributed by atoms with van der Waals surface area (Å²) in [5.41, 5.74) is 0.940. The topological polar surface area (TPSA) is 133 Å². The van der Waals surface area contributed by atoms with E-state index in [2.05, 4.69) is 5.32 Å². The van der Waals surface area contributed by atoms with Crippen LogP contribution in [0.2, 0.25) is 0 Å². The number of hydrogen-bond donors (Lipinski definition) is 3. The lowest BCUT2D eigenvalue weighted by molar-refractivity contribution is -0.131. The summed E-state index contributed by atoms with van der Waals surface area (Å²) in [4.78, 5) is 24.2. The first-order valence-corrected chi connectivity index (χ1v) is 11.4. The zero-order chi connectivity index (χ0) is 26.0. The van der Waals surface area contributed by atoms with E-state index < -0.39 is 24.3 Å². The van der Waals surface area contributed by atoms with E-state index in [0.29, 0.717) is 34.2 Å². The van der Waals surface area contributed by atoms with Gasteiger partial charge >= 0.3 is 12.1 Å². The highest BCUT2D eigenvalue weighted by Crippen LogP contribution is 2.35. The van der Waals surface area contributed by atoms with Crippen LogP contribution in [0.25, 0.3) is 0 Å². The van der Waals surface area contributed by atoms with Gasteiger partial charge in [0, 0.05) is 17.8 Å². The number of hydrogen-bond acceptors (Lipinski definition) is 8. The van der Waals surface area contributed by atoms with Crippen molar-refractivity contribution in [2.75, 3.05) is 25.3 Å². The molecule has 4 rings (SSSR count). The van der Waals surface area contributed by atoms with Crippen molar-refractivity contribution in [2.45, 2.75) is 12.2 Å². The van der Waals surface area contributed by atoms with Crippen molar-refractivity contribution in [1.29, 1.82) is 0 Å². The molecule has 0 fully saturated rings. The number of nitrogens with one attached hydrogen (secondary N) is 1. The maximum absolute atomic E-state index is 12.9. The first-order chi connectivity index (χ1) is 18.0. The molecule has 1 aliphatic rings. The first kappa shape index (κ1) is 25.4. The molecule has 0 unspecified atom stereocenters. The molecule has 2 atom stereocenters. The summed E-state index contributed by atoms with van der Waals surface area (Å²) in [7, 11) is 0. The standard InChI is InChI=1S/C27H25NO9/c29-14-15-33-20-9-6-18(7-10-20)26(23(12-13-25(30)31)36-21-4-2-1-3-5-21)37-27(32)28-19-8-11-22-24(16-19)35-17-34-22/h1-13,16,23,26,29H,14-15,17H2,(H,28,32)(H,30,31)/b13-12+/t23-,26-/m1/s1. The van der Waals surface area contributed by atoms with Crippen LogP contribution in [0.1, 0.15) is 11.7 Å². The van der Waals surface area contributed by atoms with E-state index in [9.17, 15) is 14.7 Å². The minimum Gasteiger partial charge on any atom is -0.491 e. The van der Waals surface area contributed by atoms with Gasteiger partial charge in [-0.3, -0.25) is 5.32 Å². The predicted molar refractivity (Wildman–Crippen MR) is 132 cm³/mol. The lowest BCUT2D eigenvalue weighted by Crippen LogP contribution is -2.29. The van der Waals surface area contributed by atoms with Crippen LogP contribution in [-0.2, 0) is 9.53 Å². The molecule has 10 nitrogen and oxygen atoms in total. The summed E-state index contributed by atoms with van der Waals surface area (Å²) in [6.07, 6.45) is -0.598. The number of amides is 1. The summed E-state index contributed by atoms with van der Waals surface area (Å²) in [5, 5.41) is 20.9. The third-order valence-corrected chi connectivity index (χ3v) is 5.16. The van der Waals surface area contributed by atoms with Gasteiger partial charge in [0.05, 0.1) is 6.61 Å². The molecule has 1 heterocycles. The summed E-state index contributed by atoms with van der Waals surface area (Å²) in [5.74, 6) is 0.828. The molecule has 0 aliphatic carbocycles. The molecule has 0 saturated carbocycles. The van der Waals surface area contributed by atoms with Crippen molar-refractivity contribution in [3.63, 3.8) is 0 Å². The number of para-hydroxylation sites is 1. The van der Waals surface area contributed by atoms with Crippen LogP contribution in [-0.4, -0.2) is 48.4 Å². The van der Waals surface area contributed by atoms with Gasteiger partial charge in [-0.2, -0.15) is 0 Å². The molecular formula is C27H25NO9. The van der Waals surface area contributed by atoms with Gasteiger partial charge in [0.1, 0.15) is 18.1 Å². The van der Waals surface area contributed by atoms with E-state index in [1.807, 2.05) is 6.07 Å². The van der Waals surface area contributed by atoms with Crippen LogP contribution in [0.4, 0.5) is 10.5 Å². The van der Waals surface area contributed by atoms with Gasteiger partial charge < -0.3 is 33.9 Å². The number of aliphatic hydroxyl groups is 1. The number of benzene rings is 3. The molecule has 3 aromatic carbocycles. The molecule has 3 N–H and O–H groups in total. The second-order valence-electron chi connectivity index (χ2n) is 7.75. The van der Waals surface area contributed by atoms with Crippen molar-refractivity contribution in [1.82, 2.24) is 0 Å². The van der Waals surface area contributed by atoms with Crippen LogP contribution in [0, 0.1) is 0 Å². The number of aliphatic carboxylic acids is 1. The van der Waals surface area contributed by atoms with Gasteiger partial charge in [0.25, 0.3) is 0 Å². The quantitative estimate of drug-likeness (QED) is 0.327. The number of aliphatic hydroxyl groups excluding tert-OH is 1. The third-order valence-electron chi connectivity index (χ3n) is 5.16. The summed E-state index contributed by atoms with van der Waals surface area (Å²) < 4.78 is 27.8. The lowest BCUT2D eigenvalue weighted by Gasteiger charge is -2.26. The molecule has 0 radical (unpaired) electrons. The number of rotatable bonds is 11. The number of ether oxygens (including phenoxy) is 5. The van der Waals surface area contributed by atoms with Gasteiger partial charge in [-0.1, -0.05) is 30.3 Å². The van der Waals surface area contributed by atoms with Crippen LogP contribution >= 0.6 is 0 Å². The fourth-order valence-corrected chi connectivity index (χ4v) is 3.51. The number of carboxylic acid groups (broad SMARTS) is 1. The zero-order valence-electron chi connectivity index (χ0n) is 19.6. The fraction of sp³-hybridized carbons (Fsp3) is 0.185. The smallest absolute Gasteiger partial charge is 0.412 e. The molecule has 10 heteroatoms. The molecule has 1 aliphatic heterocycles. The second kappa shape index (κ2) is 12.3. The van der Waals surface area contributed by atoms with Crippen LogP contribution in [0.15, 0.2) is 84.9 Å². The SMILES string of the molecule is O=C(O)/C=C/[C@@H](Oc1ccccc1)[C@H](OC(=O)Nc1ccc2c(c1)OCO2)c1ccc(OCCO)cc1. The minimum absolute atomic E-state index is 0.0950. The van der Waals surface area contributed by atoms with Crippen LogP contribution in [0.3, 0.4) is 0 Å². The number of carboxylic acids is 1. The van der Waals surface area contributed by atoms with E-state index in [1.54, 1.807) is 66.7 Å². The van der Waals surface area contributed by atoms with Crippen LogP contribution in [0.5, 0.6) is 23.0 Å². The van der Waals surface area contributed by atoms with Gasteiger partial charge in [0.2, 0.25) is 6.79 Å². The molecule has 37 heavy (non-hydrogen) atoms. The minimum atomic E-state index is -1.18. The second-order valence-corrected chi connectivity index (χ2v) is 7.75. The molecule has 0 bridgehead atoms. The average Bonchev–Trinajstić information content (AvgIpc) is 3.37. The summed E-state index contributed by atoms with van der Waals surface area (Å²) in [6, 6.07) is 20.3. The van der Waals surface area contributed by atoms with Crippen molar-refractivity contribution >= 4 is 17.7 Å². The maximum atomic E-state index is 12.9. The van der Waals surface area contributed by atoms with Gasteiger partial charge in [-0.25, -0.2) is 9.59 Å². The van der Waals surface area contributed by atoms with Crippen molar-refractivity contribution in [2.24, 2.45) is 0 Å². The molecule has 0 aromatic heterocycles. The number of carbonyl (C=O) groups is 2. The van der Waals surface area contributed by atoms with Gasteiger partial charge in [0.15, 0.2) is 23.7 Å². The molecular weight excluding hydrogens is 482 g/mol. The molecule has 3 aromatic rings. The largest absolute Gasteiger partial charge is 0.491 e. The highest BCUT2D eigenvalue weighted by molar-refractivity contribution is 5.85. The highest BCUT2D eigenvalue weighted by atomic mass is 16.7. The van der Waals surface area contributed by atoms with Gasteiger partial charge in [-0.05, 0) is 48.0 Å². The van der Waals surface area contributed by atoms with Crippen LogP contribution < -0.4 is 24.3 Å². The Morgan fingerprint density at radius 3 is 2.46 bits per heavy atom. The van der Waals surface area contributed by atoms with Gasteiger partial charge in [-0.15, -0.1) is 0 Å². The Morgan fingerprint density at radius 1 is 0.973 bits per heavy atom. The average molecular weight is 507 g/mol. The van der Waals surface area contributed by atoms with Crippen molar-refractivity contribution in [3.05, 3.63) is 90.5 Å². The molecule has 1 amide bonds. The number of carbonyl (C=O) groups excluding carboxylic acids is 1. The third kappa shape index (κ3) is 7.15. The van der Waals surface area contributed by atoms with E-state index >= 15 is 0 Å². The van der Waals surface area contributed by atoms with E-state index in [-0.39, 0.29) is 20.0 Å². The Hall–Kier alpha value is -4.70.